The Balaban J connectivity index is 2.65. The molecule has 0 aliphatic heterocycles. The van der Waals surface area contributed by atoms with Crippen molar-refractivity contribution in [2.45, 2.75) is 10.7 Å². The van der Waals surface area contributed by atoms with Gasteiger partial charge in [-0.25, -0.2) is 0 Å². The number of hydrogen-bond donors (Lipinski definition) is 1. The summed E-state index contributed by atoms with van der Waals surface area (Å²) < 4.78 is -0.976. The van der Waals surface area contributed by atoms with Gasteiger partial charge in [0, 0.05) is 27.1 Å². The number of H-pyrrole nitrogens is 1. The second-order valence-corrected chi connectivity index (χ2v) is 6.81. The van der Waals surface area contributed by atoms with Crippen LogP contribution in [0.1, 0.15) is 15.9 Å². The molecule has 0 bridgehead atoms. The smallest absolute Gasteiger partial charge is 0.253 e. The lowest BCUT2D eigenvalue weighted by molar-refractivity contribution is 0.0998. The van der Waals surface area contributed by atoms with Gasteiger partial charge in [-0.1, -0.05) is 50.7 Å². The number of benzene rings is 1. The summed E-state index contributed by atoms with van der Waals surface area (Å²) in [6.07, 6.45) is 1.56. The maximum absolute atomic E-state index is 11.9. The Morgan fingerprint density at radius 1 is 1.35 bits per heavy atom. The number of alkyl halides is 3. The van der Waals surface area contributed by atoms with Gasteiger partial charge in [0.05, 0.1) is 0 Å². The van der Waals surface area contributed by atoms with Gasteiger partial charge >= 0.3 is 0 Å². The van der Waals surface area contributed by atoms with E-state index in [9.17, 15) is 4.79 Å². The molecule has 1 aromatic carbocycles. The van der Waals surface area contributed by atoms with Crippen molar-refractivity contribution >= 4 is 67.4 Å². The second kappa shape index (κ2) is 4.47. The van der Waals surface area contributed by atoms with Crippen LogP contribution >= 0.6 is 50.7 Å². The average Bonchev–Trinajstić information content (AvgIpc) is 2.59. The first-order valence-corrected chi connectivity index (χ1v) is 6.62. The standard InChI is InChI=1S/C11H7BrCl3NO/c1-5-2-6-7(10(17)11(13,14)15)4-16-9(6)3-8(5)12/h2-4,16H,1H3. The van der Waals surface area contributed by atoms with E-state index in [0.717, 1.165) is 20.9 Å². The van der Waals surface area contributed by atoms with Crippen molar-refractivity contribution in [3.63, 3.8) is 0 Å². The minimum absolute atomic E-state index is 0.385. The van der Waals surface area contributed by atoms with Crippen LogP contribution in [-0.2, 0) is 0 Å². The zero-order chi connectivity index (χ0) is 12.8. The number of carbonyl (C=O) groups is 1. The summed E-state index contributed by atoms with van der Waals surface area (Å²) in [5.74, 6) is -0.532. The fourth-order valence-corrected chi connectivity index (χ4v) is 2.24. The molecule has 0 amide bonds. The van der Waals surface area contributed by atoms with E-state index >= 15 is 0 Å². The topological polar surface area (TPSA) is 32.9 Å². The van der Waals surface area contributed by atoms with Gasteiger partial charge in [0.25, 0.3) is 3.79 Å². The van der Waals surface area contributed by atoms with Gasteiger partial charge in [-0.2, -0.15) is 0 Å². The lowest BCUT2D eigenvalue weighted by Crippen LogP contribution is -2.18. The quantitative estimate of drug-likeness (QED) is 0.579. The fraction of sp³-hybridized carbons (Fsp3) is 0.182. The number of carbonyl (C=O) groups excluding carboxylic acids is 1. The van der Waals surface area contributed by atoms with Crippen LogP contribution in [-0.4, -0.2) is 14.6 Å². The summed E-state index contributed by atoms with van der Waals surface area (Å²) in [5, 5.41) is 0.752. The van der Waals surface area contributed by atoms with Crippen LogP contribution in [0, 0.1) is 6.92 Å². The molecule has 2 aromatic rings. The predicted octanol–water partition coefficient (Wildman–Crippen LogP) is 4.79. The third-order valence-electron chi connectivity index (χ3n) is 2.46. The van der Waals surface area contributed by atoms with E-state index in [-0.39, 0.29) is 0 Å². The van der Waals surface area contributed by atoms with Crippen LogP contribution in [0.25, 0.3) is 10.9 Å². The van der Waals surface area contributed by atoms with Crippen molar-refractivity contribution in [1.29, 1.82) is 0 Å². The molecule has 6 heteroatoms. The number of aromatic amines is 1. The van der Waals surface area contributed by atoms with E-state index in [4.69, 9.17) is 34.8 Å². The molecule has 0 atom stereocenters. The van der Waals surface area contributed by atoms with E-state index < -0.39 is 9.58 Å². The maximum atomic E-state index is 11.9. The van der Waals surface area contributed by atoms with Gasteiger partial charge in [0.1, 0.15) is 0 Å². The van der Waals surface area contributed by atoms with Crippen LogP contribution in [0.4, 0.5) is 0 Å². The average molecular weight is 355 g/mol. The summed E-state index contributed by atoms with van der Waals surface area (Å²) >= 11 is 20.2. The summed E-state index contributed by atoms with van der Waals surface area (Å²) in [7, 11) is 0. The molecule has 2 nitrogen and oxygen atoms in total. The van der Waals surface area contributed by atoms with E-state index in [2.05, 4.69) is 20.9 Å². The Kier molecular flexibility index (Phi) is 3.47. The molecule has 0 spiro atoms. The molecule has 0 unspecified atom stereocenters. The van der Waals surface area contributed by atoms with E-state index in [1.807, 2.05) is 19.1 Å². The summed E-state index contributed by atoms with van der Waals surface area (Å²) in [5.41, 5.74) is 2.21. The molecule has 0 fully saturated rings. The SMILES string of the molecule is Cc1cc2c(C(=O)C(Cl)(Cl)Cl)c[nH]c2cc1Br. The van der Waals surface area contributed by atoms with E-state index in [1.165, 1.54) is 0 Å². The lowest BCUT2D eigenvalue weighted by Gasteiger charge is -2.08. The third-order valence-corrected chi connectivity index (χ3v) is 3.83. The molecule has 0 saturated heterocycles. The maximum Gasteiger partial charge on any atom is 0.253 e. The Bertz CT molecular complexity index is 601. The highest BCUT2D eigenvalue weighted by atomic mass is 79.9. The molecular formula is C11H7BrCl3NO. The third kappa shape index (κ3) is 2.48. The van der Waals surface area contributed by atoms with Crippen molar-refractivity contribution in [1.82, 2.24) is 4.98 Å². The van der Waals surface area contributed by atoms with Gasteiger partial charge in [-0.05, 0) is 24.6 Å². The van der Waals surface area contributed by atoms with Crippen molar-refractivity contribution < 1.29 is 4.79 Å². The first-order chi connectivity index (χ1) is 7.80. The van der Waals surface area contributed by atoms with Crippen molar-refractivity contribution in [3.05, 3.63) is 33.9 Å². The monoisotopic (exact) mass is 353 g/mol. The molecule has 1 N–H and O–H groups in total. The number of halogens is 4. The highest BCUT2D eigenvalue weighted by Gasteiger charge is 2.33. The molecule has 0 aliphatic rings. The lowest BCUT2D eigenvalue weighted by atomic mass is 10.1. The highest BCUT2D eigenvalue weighted by Crippen LogP contribution is 2.34. The van der Waals surface area contributed by atoms with Crippen LogP contribution < -0.4 is 0 Å². The van der Waals surface area contributed by atoms with E-state index in [0.29, 0.717) is 5.56 Å². The molecule has 0 aliphatic carbocycles. The number of Topliss-reactive ketones (excluding diaryl/α,β-unsaturated/α-hetero) is 1. The Morgan fingerprint density at radius 3 is 2.59 bits per heavy atom. The van der Waals surface area contributed by atoms with Crippen LogP contribution in [0.2, 0.25) is 0 Å². The largest absolute Gasteiger partial charge is 0.360 e. The minimum Gasteiger partial charge on any atom is -0.360 e. The number of nitrogens with one attached hydrogen (secondary N) is 1. The van der Waals surface area contributed by atoms with E-state index in [1.54, 1.807) is 6.20 Å². The molecule has 0 radical (unpaired) electrons. The molecule has 0 saturated carbocycles. The van der Waals surface area contributed by atoms with Gasteiger partial charge in [0.15, 0.2) is 0 Å². The van der Waals surface area contributed by atoms with Crippen LogP contribution in [0.3, 0.4) is 0 Å². The molecule has 2 rings (SSSR count). The van der Waals surface area contributed by atoms with Crippen LogP contribution in [0.5, 0.6) is 0 Å². The summed E-state index contributed by atoms with van der Waals surface area (Å²) in [6.45, 7) is 1.93. The number of rotatable bonds is 1. The first kappa shape index (κ1) is 13.2. The molecule has 1 aromatic heterocycles. The predicted molar refractivity (Wildman–Crippen MR) is 75.4 cm³/mol. The van der Waals surface area contributed by atoms with Crippen molar-refractivity contribution in [2.75, 3.05) is 0 Å². The van der Waals surface area contributed by atoms with Gasteiger partial charge in [-0.3, -0.25) is 4.79 Å². The number of aryl methyl sites for hydroxylation is 1. The number of hydrogen-bond acceptors (Lipinski definition) is 1. The number of fused-ring (bicyclic) bond motifs is 1. The summed E-state index contributed by atoms with van der Waals surface area (Å²) in [6, 6.07) is 3.76. The zero-order valence-corrected chi connectivity index (χ0v) is 12.5. The van der Waals surface area contributed by atoms with Crippen LogP contribution in [0.15, 0.2) is 22.8 Å². The molecule has 90 valence electrons. The minimum atomic E-state index is -1.93. The van der Waals surface area contributed by atoms with Crippen molar-refractivity contribution in [3.8, 4) is 0 Å². The zero-order valence-electron chi connectivity index (χ0n) is 8.65. The Labute approximate surface area is 121 Å². The second-order valence-electron chi connectivity index (χ2n) is 3.68. The fourth-order valence-electron chi connectivity index (χ4n) is 1.59. The Morgan fingerprint density at radius 2 is 2.00 bits per heavy atom. The highest BCUT2D eigenvalue weighted by molar-refractivity contribution is 9.10. The first-order valence-electron chi connectivity index (χ1n) is 4.69. The van der Waals surface area contributed by atoms with Crippen molar-refractivity contribution in [2.24, 2.45) is 0 Å². The van der Waals surface area contributed by atoms with Gasteiger partial charge in [-0.15, -0.1) is 0 Å². The summed E-state index contributed by atoms with van der Waals surface area (Å²) in [4.78, 5) is 14.9. The number of ketones is 1. The molecule has 17 heavy (non-hydrogen) atoms. The molecule has 1 heterocycles. The Hall–Kier alpha value is -0.220. The normalized spacial score (nSPS) is 12.1. The molecular weight excluding hydrogens is 348 g/mol. The van der Waals surface area contributed by atoms with Gasteiger partial charge < -0.3 is 4.98 Å². The van der Waals surface area contributed by atoms with Gasteiger partial charge in [0.2, 0.25) is 5.78 Å². The number of aromatic nitrogens is 1.